The van der Waals surface area contributed by atoms with Crippen molar-refractivity contribution in [1.29, 1.82) is 0 Å². The topological polar surface area (TPSA) is 85.6 Å². The lowest BCUT2D eigenvalue weighted by Gasteiger charge is -2.29. The second-order valence-corrected chi connectivity index (χ2v) is 15.4. The van der Waals surface area contributed by atoms with Crippen molar-refractivity contribution in [2.75, 3.05) is 32.1 Å². The molecule has 0 saturated carbocycles. The molecule has 2 aromatic rings. The molecule has 0 unspecified atom stereocenters. The van der Waals surface area contributed by atoms with Crippen LogP contribution in [-0.4, -0.2) is 59.2 Å². The molecular weight excluding hydrogens is 621 g/mol. The molecule has 0 saturated heterocycles. The standard InChI is InChI=1S/C35H44N4O5S2/c1-9-38(10-2)46(41,42)39(45-44-43-40)33-25(21-23-31-34(3,4)27-15-11-13-17-29(27)36(31)7)19-20-26(33)22-24-32-35(5,6)28-16-12-14-18-30(28)37(32)8/h11-18,21-24H,9-10,19-20H2,1-8H3/p+1. The second kappa shape index (κ2) is 13.1. The summed E-state index contributed by atoms with van der Waals surface area (Å²) >= 11 is 0.439. The average Bonchev–Trinajstić information content (AvgIpc) is 3.57. The Morgan fingerprint density at radius 2 is 1.61 bits per heavy atom. The molecule has 246 valence electrons. The van der Waals surface area contributed by atoms with E-state index in [1.165, 1.54) is 15.4 Å². The highest BCUT2D eigenvalue weighted by Crippen LogP contribution is 2.47. The highest BCUT2D eigenvalue weighted by molar-refractivity contribution is 8.05. The zero-order valence-electron chi connectivity index (χ0n) is 27.9. The fourth-order valence-corrected chi connectivity index (χ4v) is 9.51. The highest BCUT2D eigenvalue weighted by atomic mass is 32.3. The van der Waals surface area contributed by atoms with E-state index in [-0.39, 0.29) is 23.9 Å². The van der Waals surface area contributed by atoms with Crippen molar-refractivity contribution in [2.45, 2.75) is 65.2 Å². The maximum Gasteiger partial charge on any atom is 0.315 e. The van der Waals surface area contributed by atoms with Crippen molar-refractivity contribution < 1.29 is 27.6 Å². The first-order valence-electron chi connectivity index (χ1n) is 15.6. The Balaban J connectivity index is 1.65. The zero-order valence-corrected chi connectivity index (χ0v) is 29.6. The lowest BCUT2D eigenvalue weighted by molar-refractivity contribution is -0.432. The first kappa shape index (κ1) is 34.2. The number of hydrogen-bond donors (Lipinski definition) is 1. The van der Waals surface area contributed by atoms with E-state index >= 15 is 0 Å². The average molecular weight is 666 g/mol. The van der Waals surface area contributed by atoms with Crippen molar-refractivity contribution in [3.8, 4) is 0 Å². The lowest BCUT2D eigenvalue weighted by atomic mass is 9.81. The third-order valence-corrected chi connectivity index (χ3v) is 12.5. The largest absolute Gasteiger partial charge is 0.347 e. The Hall–Kier alpha value is -3.19. The number of likely N-dealkylation sites (N-methyl/N-ethyl adjacent to an activating group) is 1. The summed E-state index contributed by atoms with van der Waals surface area (Å²) in [4.78, 5) is 2.19. The van der Waals surface area contributed by atoms with E-state index in [0.717, 1.165) is 37.6 Å². The third kappa shape index (κ3) is 5.78. The summed E-state index contributed by atoms with van der Waals surface area (Å²) in [7, 11) is 0.0415. The summed E-state index contributed by atoms with van der Waals surface area (Å²) in [6.07, 6.45) is 9.48. The van der Waals surface area contributed by atoms with Gasteiger partial charge in [0.25, 0.3) is 0 Å². The van der Waals surface area contributed by atoms with Crippen LogP contribution in [-0.2, 0) is 30.4 Å². The molecule has 0 fully saturated rings. The molecule has 46 heavy (non-hydrogen) atoms. The van der Waals surface area contributed by atoms with Gasteiger partial charge in [0.15, 0.2) is 17.9 Å². The van der Waals surface area contributed by atoms with E-state index in [2.05, 4.69) is 105 Å². The van der Waals surface area contributed by atoms with Gasteiger partial charge in [-0.25, -0.2) is 5.26 Å². The molecule has 0 amide bonds. The van der Waals surface area contributed by atoms with Crippen LogP contribution in [0.5, 0.6) is 0 Å². The molecule has 0 aromatic heterocycles. The molecule has 2 aromatic carbocycles. The molecule has 0 spiro atoms. The van der Waals surface area contributed by atoms with Gasteiger partial charge in [-0.3, -0.25) is 0 Å². The minimum atomic E-state index is -4.08. The van der Waals surface area contributed by atoms with E-state index in [1.807, 2.05) is 24.3 Å². The molecule has 2 aliphatic heterocycles. The minimum absolute atomic E-state index is 0.243. The number of hydrogen-bond acceptors (Lipinski definition) is 7. The first-order chi connectivity index (χ1) is 21.8. The summed E-state index contributed by atoms with van der Waals surface area (Å²) in [6, 6.07) is 16.7. The van der Waals surface area contributed by atoms with Gasteiger partial charge in [-0.15, -0.1) is 4.33 Å². The van der Waals surface area contributed by atoms with Crippen molar-refractivity contribution in [2.24, 2.45) is 0 Å². The fraction of sp³-hybridized carbons (Fsp3) is 0.400. The van der Waals surface area contributed by atoms with Gasteiger partial charge in [-0.1, -0.05) is 81.3 Å². The first-order valence-corrected chi connectivity index (χ1v) is 17.7. The van der Waals surface area contributed by atoms with E-state index < -0.39 is 10.2 Å². The lowest BCUT2D eigenvalue weighted by Crippen LogP contribution is -2.40. The number of benzene rings is 2. The number of para-hydroxylation sites is 2. The van der Waals surface area contributed by atoms with Crippen LogP contribution in [0.25, 0.3) is 0 Å². The normalized spacial score (nSPS) is 20.6. The number of allylic oxidation sites excluding steroid dienone is 7. The van der Waals surface area contributed by atoms with Crippen molar-refractivity contribution in [3.63, 3.8) is 0 Å². The maximum atomic E-state index is 14.1. The van der Waals surface area contributed by atoms with Gasteiger partial charge in [-0.05, 0) is 55.5 Å². The van der Waals surface area contributed by atoms with E-state index in [0.29, 0.717) is 30.8 Å². The van der Waals surface area contributed by atoms with E-state index in [1.54, 1.807) is 13.8 Å². The molecular formula is C35H45N4O5S2+. The number of fused-ring (bicyclic) bond motifs is 2. The Labute approximate surface area is 278 Å². The van der Waals surface area contributed by atoms with Gasteiger partial charge < -0.3 is 4.90 Å². The summed E-state index contributed by atoms with van der Waals surface area (Å²) in [5.41, 5.74) is 8.68. The van der Waals surface area contributed by atoms with Crippen LogP contribution in [0, 0.1) is 0 Å². The number of rotatable bonds is 11. The smallest absolute Gasteiger partial charge is 0.315 e. The van der Waals surface area contributed by atoms with Crippen molar-refractivity contribution in [1.82, 2.24) is 8.02 Å². The Bertz CT molecular complexity index is 1770. The summed E-state index contributed by atoms with van der Waals surface area (Å²) < 4.78 is 37.7. The van der Waals surface area contributed by atoms with Crippen molar-refractivity contribution in [3.05, 3.63) is 107 Å². The van der Waals surface area contributed by atoms with Gasteiger partial charge in [0, 0.05) is 54.6 Å². The molecule has 1 N–H and O–H groups in total. The molecule has 3 aliphatic rings. The van der Waals surface area contributed by atoms with Crippen molar-refractivity contribution >= 4 is 39.5 Å². The van der Waals surface area contributed by atoms with Crippen LogP contribution < -0.4 is 4.90 Å². The Kier molecular flexibility index (Phi) is 9.75. The minimum Gasteiger partial charge on any atom is -0.347 e. The molecule has 0 radical (unpaired) electrons. The Morgan fingerprint density at radius 1 is 0.957 bits per heavy atom. The maximum absolute atomic E-state index is 14.1. The summed E-state index contributed by atoms with van der Waals surface area (Å²) in [5, 5.41) is 13.0. The predicted octanol–water partition coefficient (Wildman–Crippen LogP) is 7.41. The molecule has 0 bridgehead atoms. The quantitative estimate of drug-likeness (QED) is 0.0880. The molecule has 5 rings (SSSR count). The fourth-order valence-electron chi connectivity index (χ4n) is 7.12. The predicted molar refractivity (Wildman–Crippen MR) is 186 cm³/mol. The highest BCUT2D eigenvalue weighted by Gasteiger charge is 2.43. The van der Waals surface area contributed by atoms with Gasteiger partial charge in [-0.2, -0.15) is 21.0 Å². The number of nitrogens with zero attached hydrogens (tertiary/aromatic N) is 4. The molecule has 11 heteroatoms. The van der Waals surface area contributed by atoms with Crippen LogP contribution in [0.3, 0.4) is 0 Å². The van der Waals surface area contributed by atoms with Crippen LogP contribution in [0.1, 0.15) is 65.5 Å². The molecule has 2 heterocycles. The molecule has 9 nitrogen and oxygen atoms in total. The molecule has 0 atom stereocenters. The van der Waals surface area contributed by atoms with Gasteiger partial charge >= 0.3 is 10.2 Å². The number of anilines is 1. The summed E-state index contributed by atoms with van der Waals surface area (Å²) in [5.74, 6) is 0. The van der Waals surface area contributed by atoms with Crippen LogP contribution in [0.4, 0.5) is 11.4 Å². The van der Waals surface area contributed by atoms with E-state index in [4.69, 9.17) is 9.59 Å². The summed E-state index contributed by atoms with van der Waals surface area (Å²) in [6.45, 7) is 12.9. The Morgan fingerprint density at radius 3 is 2.24 bits per heavy atom. The van der Waals surface area contributed by atoms with Gasteiger partial charge in [0.05, 0.1) is 11.1 Å². The van der Waals surface area contributed by atoms with Gasteiger partial charge in [0.1, 0.15) is 7.05 Å². The van der Waals surface area contributed by atoms with Crippen LogP contribution in [0.15, 0.2) is 95.4 Å². The molecule has 1 aliphatic carbocycles. The SMILES string of the molecule is CCN(CC)S(=O)(=O)N(SOOO)C1=C(C=CC2=[N+](C)c3ccccc3C2(C)C)CCC1=CC=C1N(C)c2ccccc2C1(C)C. The van der Waals surface area contributed by atoms with Crippen LogP contribution >= 0.6 is 12.2 Å². The monoisotopic (exact) mass is 665 g/mol. The van der Waals surface area contributed by atoms with Gasteiger partial charge in [0.2, 0.25) is 5.69 Å². The zero-order chi connectivity index (χ0) is 33.4. The van der Waals surface area contributed by atoms with E-state index in [9.17, 15) is 8.42 Å². The van der Waals surface area contributed by atoms with Crippen LogP contribution in [0.2, 0.25) is 0 Å². The third-order valence-electron chi connectivity index (χ3n) is 9.59. The second-order valence-electron chi connectivity index (χ2n) is 12.8.